The second kappa shape index (κ2) is 8.39. The van der Waals surface area contributed by atoms with Gasteiger partial charge in [0.1, 0.15) is 11.5 Å². The summed E-state index contributed by atoms with van der Waals surface area (Å²) >= 11 is 0. The highest BCUT2D eigenvalue weighted by molar-refractivity contribution is 5.95. The Labute approximate surface area is 175 Å². The van der Waals surface area contributed by atoms with Gasteiger partial charge in [0.15, 0.2) is 17.6 Å². The molecule has 2 heterocycles. The Morgan fingerprint density at radius 2 is 1.62 bits per heavy atom. The summed E-state index contributed by atoms with van der Waals surface area (Å²) in [6.45, 7) is 0.759. The molecule has 0 bridgehead atoms. The summed E-state index contributed by atoms with van der Waals surface area (Å²) in [5.41, 5.74) is 3.36. The highest BCUT2D eigenvalue weighted by atomic mass is 35.5. The predicted octanol–water partition coefficient (Wildman–Crippen LogP) is 3.24. The number of nitrogens with one attached hydrogen (secondary N) is 1. The number of halogens is 1. The van der Waals surface area contributed by atoms with E-state index in [4.69, 9.17) is 23.7 Å². The van der Waals surface area contributed by atoms with E-state index in [1.54, 1.807) is 40.6 Å². The van der Waals surface area contributed by atoms with E-state index in [-0.39, 0.29) is 24.4 Å². The van der Waals surface area contributed by atoms with Gasteiger partial charge < -0.3 is 29.0 Å². The topological polar surface area (TPSA) is 75.3 Å². The molecular weight excluding hydrogens is 398 g/mol. The summed E-state index contributed by atoms with van der Waals surface area (Å²) in [5, 5.41) is 3.49. The fourth-order valence-corrected chi connectivity index (χ4v) is 4.01. The molecule has 7 nitrogen and oxygen atoms in total. The lowest BCUT2D eigenvalue weighted by Gasteiger charge is -2.32. The molecule has 2 aliphatic heterocycles. The first-order chi connectivity index (χ1) is 13.6. The first-order valence-electron chi connectivity index (χ1n) is 9.06. The SMILES string of the molecule is COc1cc(OC)c2c(c1)C(=O)OC2C1NCCc2cc(OC)c(OC)cc21.Cl. The maximum Gasteiger partial charge on any atom is 0.339 e. The van der Waals surface area contributed by atoms with Gasteiger partial charge in [-0.1, -0.05) is 0 Å². The third kappa shape index (κ3) is 3.45. The summed E-state index contributed by atoms with van der Waals surface area (Å²) in [5.74, 6) is 2.07. The third-order valence-corrected chi connectivity index (χ3v) is 5.35. The number of carbonyl (C=O) groups is 1. The fourth-order valence-electron chi connectivity index (χ4n) is 4.01. The number of hydrogen-bond acceptors (Lipinski definition) is 7. The Morgan fingerprint density at radius 3 is 2.28 bits per heavy atom. The molecule has 0 saturated heterocycles. The van der Waals surface area contributed by atoms with Crippen LogP contribution >= 0.6 is 12.4 Å². The number of rotatable bonds is 5. The largest absolute Gasteiger partial charge is 0.497 e. The van der Waals surface area contributed by atoms with Crippen molar-refractivity contribution in [3.63, 3.8) is 0 Å². The van der Waals surface area contributed by atoms with Gasteiger partial charge in [0.2, 0.25) is 0 Å². The number of ether oxygens (including phenoxy) is 5. The zero-order valence-electron chi connectivity index (χ0n) is 16.7. The average molecular weight is 422 g/mol. The van der Waals surface area contributed by atoms with Crippen LogP contribution in [-0.4, -0.2) is 41.0 Å². The second-order valence-electron chi connectivity index (χ2n) is 6.70. The zero-order chi connectivity index (χ0) is 19.8. The maximum atomic E-state index is 12.6. The molecule has 0 radical (unpaired) electrons. The van der Waals surface area contributed by atoms with Gasteiger partial charge in [0, 0.05) is 6.07 Å². The van der Waals surface area contributed by atoms with E-state index in [0.29, 0.717) is 28.6 Å². The van der Waals surface area contributed by atoms with E-state index < -0.39 is 6.10 Å². The van der Waals surface area contributed by atoms with Gasteiger partial charge in [-0.05, 0) is 42.3 Å². The van der Waals surface area contributed by atoms with E-state index in [2.05, 4.69) is 5.32 Å². The number of benzene rings is 2. The third-order valence-electron chi connectivity index (χ3n) is 5.35. The van der Waals surface area contributed by atoms with E-state index in [1.165, 1.54) is 0 Å². The van der Waals surface area contributed by atoms with E-state index in [0.717, 1.165) is 29.7 Å². The predicted molar refractivity (Wildman–Crippen MR) is 109 cm³/mol. The van der Waals surface area contributed by atoms with E-state index in [1.807, 2.05) is 12.1 Å². The Morgan fingerprint density at radius 1 is 0.931 bits per heavy atom. The van der Waals surface area contributed by atoms with Crippen LogP contribution in [0.1, 0.15) is 39.2 Å². The molecular formula is C21H24ClNO6. The lowest BCUT2D eigenvalue weighted by atomic mass is 9.87. The first-order valence-corrected chi connectivity index (χ1v) is 9.06. The molecule has 1 N–H and O–H groups in total. The highest BCUT2D eigenvalue weighted by Gasteiger charge is 2.42. The van der Waals surface area contributed by atoms with Crippen LogP contribution in [0.25, 0.3) is 0 Å². The molecule has 0 amide bonds. The van der Waals surface area contributed by atoms with Crippen molar-refractivity contribution >= 4 is 18.4 Å². The molecule has 0 spiro atoms. The van der Waals surface area contributed by atoms with Crippen LogP contribution in [0.15, 0.2) is 24.3 Å². The molecule has 0 aromatic heterocycles. The van der Waals surface area contributed by atoms with Crippen LogP contribution in [0.3, 0.4) is 0 Å². The van der Waals surface area contributed by atoms with Crippen LogP contribution in [0.4, 0.5) is 0 Å². The van der Waals surface area contributed by atoms with E-state index >= 15 is 0 Å². The number of hydrogen-bond donors (Lipinski definition) is 1. The van der Waals surface area contributed by atoms with Crippen LogP contribution in [-0.2, 0) is 11.2 Å². The number of esters is 1. The molecule has 2 aromatic rings. The molecule has 2 unspecified atom stereocenters. The molecule has 4 rings (SSSR count). The molecule has 8 heteroatoms. The van der Waals surface area contributed by atoms with Crippen molar-refractivity contribution in [2.75, 3.05) is 35.0 Å². The number of cyclic esters (lactones) is 1. The van der Waals surface area contributed by atoms with Crippen molar-refractivity contribution in [3.8, 4) is 23.0 Å². The Kier molecular flexibility index (Phi) is 6.10. The number of methoxy groups -OCH3 is 4. The Balaban J connectivity index is 0.00000240. The van der Waals surface area contributed by atoms with Gasteiger partial charge in [-0.15, -0.1) is 12.4 Å². The fraction of sp³-hybridized carbons (Fsp3) is 0.381. The lowest BCUT2D eigenvalue weighted by Crippen LogP contribution is -2.34. The minimum atomic E-state index is -0.513. The normalized spacial score (nSPS) is 19.4. The van der Waals surface area contributed by atoms with Crippen molar-refractivity contribution in [1.82, 2.24) is 5.32 Å². The van der Waals surface area contributed by atoms with Crippen molar-refractivity contribution in [3.05, 3.63) is 46.5 Å². The molecule has 2 aliphatic rings. The second-order valence-corrected chi connectivity index (χ2v) is 6.70. The summed E-state index contributed by atoms with van der Waals surface area (Å²) in [4.78, 5) is 12.6. The minimum Gasteiger partial charge on any atom is -0.497 e. The van der Waals surface area contributed by atoms with Gasteiger partial charge in [0.05, 0.1) is 45.6 Å². The monoisotopic (exact) mass is 421 g/mol. The molecule has 0 aliphatic carbocycles. The van der Waals surface area contributed by atoms with Crippen LogP contribution in [0.5, 0.6) is 23.0 Å². The molecule has 29 heavy (non-hydrogen) atoms. The van der Waals surface area contributed by atoms with Crippen molar-refractivity contribution in [2.45, 2.75) is 18.6 Å². The quantitative estimate of drug-likeness (QED) is 0.743. The van der Waals surface area contributed by atoms with Crippen LogP contribution in [0, 0.1) is 0 Å². The lowest BCUT2D eigenvalue weighted by molar-refractivity contribution is 0.0282. The smallest absolute Gasteiger partial charge is 0.339 e. The number of carbonyl (C=O) groups excluding carboxylic acids is 1. The van der Waals surface area contributed by atoms with Crippen molar-refractivity contribution in [2.24, 2.45) is 0 Å². The van der Waals surface area contributed by atoms with Crippen LogP contribution in [0.2, 0.25) is 0 Å². The Hall–Kier alpha value is -2.64. The molecule has 2 aromatic carbocycles. The number of fused-ring (bicyclic) bond motifs is 2. The highest BCUT2D eigenvalue weighted by Crippen LogP contribution is 2.48. The molecule has 0 saturated carbocycles. The average Bonchev–Trinajstić information content (AvgIpc) is 3.07. The molecule has 2 atom stereocenters. The van der Waals surface area contributed by atoms with E-state index in [9.17, 15) is 4.79 Å². The minimum absolute atomic E-state index is 0. The Bertz CT molecular complexity index is 932. The van der Waals surface area contributed by atoms with Gasteiger partial charge in [-0.3, -0.25) is 0 Å². The van der Waals surface area contributed by atoms with Crippen molar-refractivity contribution in [1.29, 1.82) is 0 Å². The van der Waals surface area contributed by atoms with Gasteiger partial charge in [-0.2, -0.15) is 0 Å². The van der Waals surface area contributed by atoms with Gasteiger partial charge in [0.25, 0.3) is 0 Å². The zero-order valence-corrected chi connectivity index (χ0v) is 17.6. The summed E-state index contributed by atoms with van der Waals surface area (Å²) in [6, 6.07) is 7.18. The first kappa shape index (κ1) is 21.1. The standard InChI is InChI=1S/C21H23NO6.ClH/c1-24-12-8-14-18(17(9-12)27-4)20(28-21(14)23)19-13-10-16(26-3)15(25-2)7-11(13)5-6-22-19;/h7-10,19-20,22H,5-6H2,1-4H3;1H. The van der Waals surface area contributed by atoms with Gasteiger partial charge >= 0.3 is 5.97 Å². The summed E-state index contributed by atoms with van der Waals surface area (Å²) in [7, 11) is 6.36. The summed E-state index contributed by atoms with van der Waals surface area (Å²) < 4.78 is 27.5. The van der Waals surface area contributed by atoms with Crippen molar-refractivity contribution < 1.29 is 28.5 Å². The maximum absolute atomic E-state index is 12.6. The van der Waals surface area contributed by atoms with Crippen LogP contribution < -0.4 is 24.3 Å². The van der Waals surface area contributed by atoms with Gasteiger partial charge in [-0.25, -0.2) is 4.79 Å². The summed E-state index contributed by atoms with van der Waals surface area (Å²) in [6.07, 6.45) is 0.333. The molecule has 156 valence electrons. The molecule has 0 fully saturated rings.